The van der Waals surface area contributed by atoms with Gasteiger partial charge in [0, 0.05) is 16.1 Å². The van der Waals surface area contributed by atoms with Gasteiger partial charge in [-0.15, -0.1) is 0 Å². The molecule has 4 bridgehead atoms. The van der Waals surface area contributed by atoms with Crippen LogP contribution in [-0.4, -0.2) is 26.1 Å². The van der Waals surface area contributed by atoms with Crippen LogP contribution in [-0.2, 0) is 14.6 Å². The Morgan fingerprint density at radius 1 is 1.11 bits per heavy atom. The first kappa shape index (κ1) is 18.7. The number of halogens is 1. The van der Waals surface area contributed by atoms with E-state index in [0.29, 0.717) is 28.5 Å². The molecule has 1 atom stereocenters. The molecule has 4 nitrogen and oxygen atoms in total. The molecule has 4 aliphatic carbocycles. The fourth-order valence-electron chi connectivity index (χ4n) is 6.54. The van der Waals surface area contributed by atoms with Crippen LogP contribution in [0.2, 0.25) is 5.02 Å². The lowest BCUT2D eigenvalue weighted by Gasteiger charge is -2.57. The van der Waals surface area contributed by atoms with E-state index >= 15 is 0 Å². The van der Waals surface area contributed by atoms with Crippen LogP contribution in [0, 0.1) is 30.1 Å². The van der Waals surface area contributed by atoms with Crippen molar-refractivity contribution in [3.63, 3.8) is 0 Å². The molecule has 0 radical (unpaired) electrons. The van der Waals surface area contributed by atoms with E-state index in [1.807, 2.05) is 25.1 Å². The zero-order valence-corrected chi connectivity index (χ0v) is 17.7. The van der Waals surface area contributed by atoms with Gasteiger partial charge in [-0.25, -0.2) is 8.42 Å². The molecule has 1 aromatic rings. The van der Waals surface area contributed by atoms with Crippen LogP contribution in [0.1, 0.15) is 44.1 Å². The first-order chi connectivity index (χ1) is 13.2. The van der Waals surface area contributed by atoms with Crippen molar-refractivity contribution in [2.75, 3.05) is 10.7 Å². The maximum absolute atomic E-state index is 14.0. The third-order valence-corrected chi connectivity index (χ3v) is 9.17. The summed E-state index contributed by atoms with van der Waals surface area (Å²) in [5.74, 6) is 2.03. The SMILES string of the molecule is Cc1ccc(N(C(=O)C23CC4CC(CC(C4)C2)C3)[C@H]2C=CS(=O)(=O)C2)cc1Cl. The molecule has 0 saturated heterocycles. The molecule has 1 heterocycles. The van der Waals surface area contributed by atoms with Crippen molar-refractivity contribution in [2.24, 2.45) is 23.2 Å². The molecule has 28 heavy (non-hydrogen) atoms. The minimum absolute atomic E-state index is 0.0450. The maximum Gasteiger partial charge on any atom is 0.233 e. The summed E-state index contributed by atoms with van der Waals surface area (Å²) in [4.78, 5) is 15.8. The summed E-state index contributed by atoms with van der Waals surface area (Å²) < 4.78 is 24.2. The van der Waals surface area contributed by atoms with Gasteiger partial charge in [0.15, 0.2) is 9.84 Å². The number of rotatable bonds is 3. The number of benzene rings is 1. The van der Waals surface area contributed by atoms with Crippen molar-refractivity contribution in [3.8, 4) is 0 Å². The Morgan fingerprint density at radius 3 is 2.21 bits per heavy atom. The summed E-state index contributed by atoms with van der Waals surface area (Å²) in [6.45, 7) is 1.93. The van der Waals surface area contributed by atoms with E-state index in [4.69, 9.17) is 11.6 Å². The normalized spacial score (nSPS) is 37.4. The topological polar surface area (TPSA) is 54.5 Å². The van der Waals surface area contributed by atoms with Gasteiger partial charge in [-0.05, 0) is 87.0 Å². The predicted molar refractivity (Wildman–Crippen MR) is 111 cm³/mol. The molecule has 0 spiro atoms. The fourth-order valence-corrected chi connectivity index (χ4v) is 7.98. The zero-order chi connectivity index (χ0) is 19.7. The summed E-state index contributed by atoms with van der Waals surface area (Å²) >= 11 is 6.37. The first-order valence-electron chi connectivity index (χ1n) is 10.3. The van der Waals surface area contributed by atoms with E-state index in [0.717, 1.165) is 24.8 Å². The molecule has 5 aliphatic rings. The molecule has 1 aromatic carbocycles. The number of amides is 1. The van der Waals surface area contributed by atoms with E-state index in [1.165, 1.54) is 24.7 Å². The van der Waals surface area contributed by atoms with Crippen molar-refractivity contribution in [1.82, 2.24) is 0 Å². The Hall–Kier alpha value is -1.33. The predicted octanol–water partition coefficient (Wildman–Crippen LogP) is 4.51. The van der Waals surface area contributed by atoms with Crippen LogP contribution >= 0.6 is 11.6 Å². The van der Waals surface area contributed by atoms with E-state index < -0.39 is 15.9 Å². The van der Waals surface area contributed by atoms with E-state index in [9.17, 15) is 13.2 Å². The Bertz CT molecular complexity index is 933. The average molecular weight is 420 g/mol. The molecule has 0 unspecified atom stereocenters. The van der Waals surface area contributed by atoms with Crippen LogP contribution in [0.15, 0.2) is 29.7 Å². The summed E-state index contributed by atoms with van der Waals surface area (Å²) in [6.07, 6.45) is 8.33. The first-order valence-corrected chi connectivity index (χ1v) is 12.3. The van der Waals surface area contributed by atoms with Gasteiger partial charge in [0.2, 0.25) is 5.91 Å². The Balaban J connectivity index is 1.55. The highest BCUT2D eigenvalue weighted by Crippen LogP contribution is 2.61. The second-order valence-electron chi connectivity index (χ2n) is 9.53. The van der Waals surface area contributed by atoms with Crippen LogP contribution in [0.3, 0.4) is 0 Å². The van der Waals surface area contributed by atoms with E-state index in [2.05, 4.69) is 0 Å². The van der Waals surface area contributed by atoms with Crippen molar-refractivity contribution in [1.29, 1.82) is 0 Å². The van der Waals surface area contributed by atoms with Gasteiger partial charge >= 0.3 is 0 Å². The standard InChI is InChI=1S/C22H26ClNO3S/c1-14-2-3-18(9-20(14)23)24(19-4-5-28(26,27)13-19)21(25)22-10-15-6-16(11-22)8-17(7-15)12-22/h2-5,9,15-17,19H,6-8,10-13H2,1H3/t15?,16?,17?,19-,22?/m0/s1. The molecular weight excluding hydrogens is 394 g/mol. The number of anilines is 1. The molecule has 1 amide bonds. The third kappa shape index (κ3) is 3.02. The molecule has 0 aromatic heterocycles. The second kappa shape index (κ2) is 6.33. The van der Waals surface area contributed by atoms with Gasteiger partial charge in [0.25, 0.3) is 0 Å². The van der Waals surface area contributed by atoms with E-state index in [1.54, 1.807) is 11.0 Å². The largest absolute Gasteiger partial charge is 0.304 e. The highest BCUT2D eigenvalue weighted by molar-refractivity contribution is 7.94. The van der Waals surface area contributed by atoms with Gasteiger partial charge in [0.1, 0.15) is 0 Å². The Morgan fingerprint density at radius 2 is 1.71 bits per heavy atom. The van der Waals surface area contributed by atoms with Gasteiger partial charge < -0.3 is 4.90 Å². The maximum atomic E-state index is 14.0. The lowest BCUT2D eigenvalue weighted by Crippen LogP contribution is -2.57. The fraction of sp³-hybridized carbons (Fsp3) is 0.591. The summed E-state index contributed by atoms with van der Waals surface area (Å²) in [5.41, 5.74) is 1.33. The molecule has 6 heteroatoms. The Labute approximate surface area is 171 Å². The number of hydrogen-bond acceptors (Lipinski definition) is 3. The molecule has 150 valence electrons. The van der Waals surface area contributed by atoms with Crippen molar-refractivity contribution >= 4 is 33.0 Å². The lowest BCUT2D eigenvalue weighted by atomic mass is 9.49. The van der Waals surface area contributed by atoms with Crippen LogP contribution in [0.25, 0.3) is 0 Å². The Kier molecular flexibility index (Phi) is 4.23. The van der Waals surface area contributed by atoms with E-state index in [-0.39, 0.29) is 17.1 Å². The van der Waals surface area contributed by atoms with Gasteiger partial charge in [0.05, 0.1) is 17.2 Å². The zero-order valence-electron chi connectivity index (χ0n) is 16.1. The highest BCUT2D eigenvalue weighted by atomic mass is 35.5. The molecular formula is C22H26ClNO3S. The number of carbonyl (C=O) groups is 1. The minimum atomic E-state index is -3.26. The molecule has 6 rings (SSSR count). The monoisotopic (exact) mass is 419 g/mol. The summed E-state index contributed by atoms with van der Waals surface area (Å²) in [5, 5.41) is 1.86. The highest BCUT2D eigenvalue weighted by Gasteiger charge is 2.56. The quantitative estimate of drug-likeness (QED) is 0.724. The van der Waals surface area contributed by atoms with Crippen molar-refractivity contribution in [3.05, 3.63) is 40.3 Å². The van der Waals surface area contributed by atoms with Gasteiger partial charge in [-0.2, -0.15) is 0 Å². The number of nitrogens with zero attached hydrogens (tertiary/aromatic N) is 1. The summed E-state index contributed by atoms with van der Waals surface area (Å²) in [7, 11) is -3.26. The molecule has 4 saturated carbocycles. The second-order valence-corrected chi connectivity index (χ2v) is 11.9. The molecule has 1 aliphatic heterocycles. The van der Waals surface area contributed by atoms with Gasteiger partial charge in [-0.1, -0.05) is 17.7 Å². The number of carbonyl (C=O) groups excluding carboxylic acids is 1. The number of sulfone groups is 1. The summed E-state index contributed by atoms with van der Waals surface area (Å²) in [6, 6.07) is 5.17. The van der Waals surface area contributed by atoms with Crippen LogP contribution in [0.4, 0.5) is 5.69 Å². The minimum Gasteiger partial charge on any atom is -0.304 e. The molecule has 0 N–H and O–H groups in total. The van der Waals surface area contributed by atoms with Crippen molar-refractivity contribution < 1.29 is 13.2 Å². The van der Waals surface area contributed by atoms with Gasteiger partial charge in [-0.3, -0.25) is 4.79 Å². The van der Waals surface area contributed by atoms with Crippen LogP contribution < -0.4 is 4.90 Å². The lowest BCUT2D eigenvalue weighted by molar-refractivity contribution is -0.143. The van der Waals surface area contributed by atoms with Crippen LogP contribution in [0.5, 0.6) is 0 Å². The average Bonchev–Trinajstić information content (AvgIpc) is 2.96. The number of aryl methyl sites for hydroxylation is 1. The van der Waals surface area contributed by atoms with Crippen molar-refractivity contribution in [2.45, 2.75) is 51.5 Å². The smallest absolute Gasteiger partial charge is 0.233 e. The number of hydrogen-bond donors (Lipinski definition) is 0. The molecule has 4 fully saturated rings. The third-order valence-electron chi connectivity index (χ3n) is 7.39.